The standard InChI is InChI=1S/C15H14ClNO/c1-2-11-5-6-12(8-14(11)16)15(10-17)7-3-4-13(18)9-15/h2,5-6,8H,1,3-4,7,9H2. The SMILES string of the molecule is C=Cc1ccc(C2(C#N)CCCC(=O)C2)cc1Cl. The van der Waals surface area contributed by atoms with Gasteiger partial charge in [-0.25, -0.2) is 0 Å². The smallest absolute Gasteiger partial charge is 0.134 e. The van der Waals surface area contributed by atoms with Gasteiger partial charge in [-0.2, -0.15) is 5.26 Å². The molecule has 0 amide bonds. The molecule has 1 aliphatic carbocycles. The monoisotopic (exact) mass is 259 g/mol. The topological polar surface area (TPSA) is 40.9 Å². The molecule has 1 aliphatic rings. The van der Waals surface area contributed by atoms with Crippen LogP contribution in [0.3, 0.4) is 0 Å². The lowest BCUT2D eigenvalue weighted by Crippen LogP contribution is -2.31. The molecule has 18 heavy (non-hydrogen) atoms. The fraction of sp³-hybridized carbons (Fsp3) is 0.333. The van der Waals surface area contributed by atoms with Crippen LogP contribution in [-0.4, -0.2) is 5.78 Å². The van der Waals surface area contributed by atoms with E-state index in [1.165, 1.54) is 0 Å². The van der Waals surface area contributed by atoms with Gasteiger partial charge in [0.15, 0.2) is 0 Å². The molecule has 92 valence electrons. The minimum atomic E-state index is -0.696. The van der Waals surface area contributed by atoms with Crippen molar-refractivity contribution in [2.24, 2.45) is 0 Å². The Kier molecular flexibility index (Phi) is 3.54. The van der Waals surface area contributed by atoms with Gasteiger partial charge >= 0.3 is 0 Å². The molecule has 3 heteroatoms. The van der Waals surface area contributed by atoms with Crippen molar-refractivity contribution in [3.8, 4) is 6.07 Å². The molecule has 1 saturated carbocycles. The molecule has 2 nitrogen and oxygen atoms in total. The maximum atomic E-state index is 11.6. The fourth-order valence-electron chi connectivity index (χ4n) is 2.50. The van der Waals surface area contributed by atoms with E-state index in [2.05, 4.69) is 12.6 Å². The van der Waals surface area contributed by atoms with E-state index >= 15 is 0 Å². The number of halogens is 1. The first-order valence-electron chi connectivity index (χ1n) is 5.97. The lowest BCUT2D eigenvalue weighted by Gasteiger charge is -2.30. The van der Waals surface area contributed by atoms with Crippen LogP contribution >= 0.6 is 11.6 Å². The molecule has 1 unspecified atom stereocenters. The average molecular weight is 260 g/mol. The molecule has 1 atom stereocenters. The van der Waals surface area contributed by atoms with Crippen molar-refractivity contribution in [1.82, 2.24) is 0 Å². The number of benzene rings is 1. The zero-order valence-electron chi connectivity index (χ0n) is 10.1. The number of ketones is 1. The predicted octanol–water partition coefficient (Wildman–Crippen LogP) is 3.89. The number of nitriles is 1. The quantitative estimate of drug-likeness (QED) is 0.809. The molecule has 0 heterocycles. The summed E-state index contributed by atoms with van der Waals surface area (Å²) in [4.78, 5) is 11.6. The number of carbonyl (C=O) groups excluding carboxylic acids is 1. The van der Waals surface area contributed by atoms with Crippen LogP contribution in [0, 0.1) is 11.3 Å². The van der Waals surface area contributed by atoms with E-state index in [4.69, 9.17) is 11.6 Å². The summed E-state index contributed by atoms with van der Waals surface area (Å²) in [6.45, 7) is 3.68. The van der Waals surface area contributed by atoms with Crippen LogP contribution < -0.4 is 0 Å². The van der Waals surface area contributed by atoms with Crippen molar-refractivity contribution in [1.29, 1.82) is 5.26 Å². The summed E-state index contributed by atoms with van der Waals surface area (Å²) in [5.41, 5.74) is 0.989. The molecule has 1 aromatic carbocycles. The Hall–Kier alpha value is -1.59. The normalized spacial score (nSPS) is 23.4. The van der Waals surface area contributed by atoms with Gasteiger partial charge in [0.25, 0.3) is 0 Å². The van der Waals surface area contributed by atoms with Crippen molar-refractivity contribution in [2.75, 3.05) is 0 Å². The summed E-state index contributed by atoms with van der Waals surface area (Å²) in [6, 6.07) is 7.85. The molecular weight excluding hydrogens is 246 g/mol. The first-order chi connectivity index (χ1) is 8.61. The first-order valence-corrected chi connectivity index (χ1v) is 6.34. The van der Waals surface area contributed by atoms with Crippen molar-refractivity contribution >= 4 is 23.5 Å². The van der Waals surface area contributed by atoms with Crippen LogP contribution in [0.4, 0.5) is 0 Å². The number of carbonyl (C=O) groups is 1. The Morgan fingerprint density at radius 1 is 1.50 bits per heavy atom. The average Bonchev–Trinajstić information content (AvgIpc) is 2.38. The molecule has 0 spiro atoms. The molecule has 0 aromatic heterocycles. The third-order valence-electron chi connectivity index (χ3n) is 3.55. The third-order valence-corrected chi connectivity index (χ3v) is 3.87. The Morgan fingerprint density at radius 2 is 2.28 bits per heavy atom. The molecular formula is C15H14ClNO. The Labute approximate surface area is 112 Å². The summed E-state index contributed by atoms with van der Waals surface area (Å²) in [5.74, 6) is 0.159. The minimum Gasteiger partial charge on any atom is -0.300 e. The highest BCUT2D eigenvalue weighted by molar-refractivity contribution is 6.32. The van der Waals surface area contributed by atoms with Gasteiger partial charge in [-0.05, 0) is 30.0 Å². The van der Waals surface area contributed by atoms with E-state index in [-0.39, 0.29) is 5.78 Å². The number of nitrogens with zero attached hydrogens (tertiary/aromatic N) is 1. The molecule has 0 bridgehead atoms. The van der Waals surface area contributed by atoms with Crippen LogP contribution in [0.5, 0.6) is 0 Å². The maximum absolute atomic E-state index is 11.6. The lowest BCUT2D eigenvalue weighted by atomic mass is 9.70. The van der Waals surface area contributed by atoms with Gasteiger partial charge in [-0.1, -0.05) is 36.4 Å². The van der Waals surface area contributed by atoms with Gasteiger partial charge in [-0.3, -0.25) is 4.79 Å². The second-order valence-electron chi connectivity index (χ2n) is 4.70. The molecule has 1 aromatic rings. The van der Waals surface area contributed by atoms with Crippen molar-refractivity contribution in [3.63, 3.8) is 0 Å². The number of rotatable bonds is 2. The molecule has 2 rings (SSSR count). The number of hydrogen-bond acceptors (Lipinski definition) is 2. The van der Waals surface area contributed by atoms with Gasteiger partial charge in [0.1, 0.15) is 5.78 Å². The Balaban J connectivity index is 2.45. The molecule has 0 aliphatic heterocycles. The van der Waals surface area contributed by atoms with Crippen molar-refractivity contribution < 1.29 is 4.79 Å². The van der Waals surface area contributed by atoms with Gasteiger partial charge in [0, 0.05) is 17.9 Å². The molecule has 0 N–H and O–H groups in total. The highest BCUT2D eigenvalue weighted by Gasteiger charge is 2.37. The molecule has 0 radical (unpaired) electrons. The molecule has 0 saturated heterocycles. The minimum absolute atomic E-state index is 0.159. The zero-order valence-corrected chi connectivity index (χ0v) is 10.8. The number of hydrogen-bond donors (Lipinski definition) is 0. The lowest BCUT2D eigenvalue weighted by molar-refractivity contribution is -0.121. The van der Waals surface area contributed by atoms with E-state index in [1.807, 2.05) is 12.1 Å². The summed E-state index contributed by atoms with van der Waals surface area (Å²) in [6.07, 6.45) is 4.05. The van der Waals surface area contributed by atoms with Crippen molar-refractivity contribution in [2.45, 2.75) is 31.1 Å². The highest BCUT2D eigenvalue weighted by atomic mass is 35.5. The van der Waals surface area contributed by atoms with E-state index < -0.39 is 5.41 Å². The summed E-state index contributed by atoms with van der Waals surface area (Å²) in [5, 5.41) is 10.0. The van der Waals surface area contributed by atoms with E-state index in [0.717, 1.165) is 24.0 Å². The Morgan fingerprint density at radius 3 is 2.83 bits per heavy atom. The van der Waals surface area contributed by atoms with Gasteiger partial charge < -0.3 is 0 Å². The molecule has 1 fully saturated rings. The van der Waals surface area contributed by atoms with Crippen LogP contribution in [0.1, 0.15) is 36.8 Å². The fourth-order valence-corrected chi connectivity index (χ4v) is 2.76. The van der Waals surface area contributed by atoms with Crippen LogP contribution in [0.15, 0.2) is 24.8 Å². The largest absolute Gasteiger partial charge is 0.300 e. The summed E-state index contributed by atoms with van der Waals surface area (Å²) < 4.78 is 0. The van der Waals surface area contributed by atoms with Crippen LogP contribution in [-0.2, 0) is 10.2 Å². The predicted molar refractivity (Wildman–Crippen MR) is 72.3 cm³/mol. The Bertz CT molecular complexity index is 544. The first kappa shape index (κ1) is 12.9. The van der Waals surface area contributed by atoms with Gasteiger partial charge in [-0.15, -0.1) is 0 Å². The second-order valence-corrected chi connectivity index (χ2v) is 5.11. The van der Waals surface area contributed by atoms with Crippen LogP contribution in [0.2, 0.25) is 5.02 Å². The number of Topliss-reactive ketones (excluding diaryl/α,β-unsaturated/α-hetero) is 1. The van der Waals surface area contributed by atoms with Gasteiger partial charge in [0.05, 0.1) is 11.5 Å². The highest BCUT2D eigenvalue weighted by Crippen LogP contribution is 2.38. The van der Waals surface area contributed by atoms with Gasteiger partial charge in [0.2, 0.25) is 0 Å². The maximum Gasteiger partial charge on any atom is 0.134 e. The van der Waals surface area contributed by atoms with E-state index in [0.29, 0.717) is 17.9 Å². The third kappa shape index (κ3) is 2.19. The van der Waals surface area contributed by atoms with E-state index in [9.17, 15) is 10.1 Å². The van der Waals surface area contributed by atoms with E-state index in [1.54, 1.807) is 12.1 Å². The summed E-state index contributed by atoms with van der Waals surface area (Å²) >= 11 is 6.14. The zero-order chi connectivity index (χ0) is 13.2. The summed E-state index contributed by atoms with van der Waals surface area (Å²) in [7, 11) is 0. The van der Waals surface area contributed by atoms with Crippen LogP contribution in [0.25, 0.3) is 6.08 Å². The second kappa shape index (κ2) is 4.96. The van der Waals surface area contributed by atoms with Crippen molar-refractivity contribution in [3.05, 3.63) is 40.9 Å².